The Kier molecular flexibility index (Phi) is 3.25. The fourth-order valence-electron chi connectivity index (χ4n) is 2.44. The maximum atomic E-state index is 12.6. The molecule has 0 spiro atoms. The lowest BCUT2D eigenvalue weighted by Crippen LogP contribution is -2.63. The van der Waals surface area contributed by atoms with Crippen molar-refractivity contribution in [3.63, 3.8) is 0 Å². The van der Waals surface area contributed by atoms with Crippen LogP contribution in [0.5, 0.6) is 0 Å². The van der Waals surface area contributed by atoms with Gasteiger partial charge in [0.05, 0.1) is 12.3 Å². The topological polar surface area (TPSA) is 95.9 Å². The second-order valence-corrected chi connectivity index (χ2v) is 5.51. The molecule has 1 fully saturated rings. The summed E-state index contributed by atoms with van der Waals surface area (Å²) in [6.07, 6.45) is 2.42. The minimum absolute atomic E-state index is 0.0771. The molecular formula is C16H15NO5. The SMILES string of the molecule is CC1(O)COC2(O)C(=O)C=CC(C(=O)c3ccccc3)=C2N1. The first-order chi connectivity index (χ1) is 10.3. The van der Waals surface area contributed by atoms with E-state index in [0.717, 1.165) is 6.08 Å². The molecule has 0 aromatic heterocycles. The minimum Gasteiger partial charge on any atom is -0.369 e. The van der Waals surface area contributed by atoms with Crippen LogP contribution < -0.4 is 5.32 Å². The van der Waals surface area contributed by atoms with Crippen molar-refractivity contribution < 1.29 is 24.5 Å². The Balaban J connectivity index is 2.11. The molecule has 0 saturated carbocycles. The maximum Gasteiger partial charge on any atom is 0.274 e. The molecule has 1 heterocycles. The van der Waals surface area contributed by atoms with E-state index in [9.17, 15) is 19.8 Å². The maximum absolute atomic E-state index is 12.6. The summed E-state index contributed by atoms with van der Waals surface area (Å²) in [4.78, 5) is 24.5. The van der Waals surface area contributed by atoms with E-state index in [2.05, 4.69) is 5.32 Å². The van der Waals surface area contributed by atoms with Gasteiger partial charge in [0.25, 0.3) is 5.79 Å². The number of aliphatic hydroxyl groups is 2. The molecule has 0 amide bonds. The zero-order chi connectivity index (χ0) is 16.0. The number of morpholine rings is 1. The smallest absolute Gasteiger partial charge is 0.274 e. The van der Waals surface area contributed by atoms with Gasteiger partial charge in [-0.1, -0.05) is 30.3 Å². The Morgan fingerprint density at radius 2 is 1.91 bits per heavy atom. The van der Waals surface area contributed by atoms with E-state index in [-0.39, 0.29) is 23.7 Å². The highest BCUT2D eigenvalue weighted by Crippen LogP contribution is 2.33. The summed E-state index contributed by atoms with van der Waals surface area (Å²) in [5, 5.41) is 23.1. The number of allylic oxidation sites excluding steroid dienone is 2. The third kappa shape index (κ3) is 2.27. The molecule has 1 aromatic rings. The molecule has 3 rings (SSSR count). The standard InChI is InChI=1S/C16H15NO5/c1-15(20)9-22-16(21)12(18)8-7-11(14(16)17-15)13(19)10-5-3-2-4-6-10/h2-8,17,20-21H,9H2,1H3. The number of nitrogens with one attached hydrogen (secondary N) is 1. The van der Waals surface area contributed by atoms with Gasteiger partial charge in [-0.25, -0.2) is 0 Å². The summed E-state index contributed by atoms with van der Waals surface area (Å²) in [5.74, 6) is -3.35. The molecule has 1 aromatic carbocycles. The Bertz CT molecular complexity index is 705. The van der Waals surface area contributed by atoms with Gasteiger partial charge in [0.15, 0.2) is 11.5 Å². The van der Waals surface area contributed by atoms with Crippen molar-refractivity contribution in [2.24, 2.45) is 0 Å². The minimum atomic E-state index is -2.27. The van der Waals surface area contributed by atoms with Crippen molar-refractivity contribution in [1.82, 2.24) is 5.32 Å². The number of ketones is 2. The molecule has 2 aliphatic rings. The first-order valence-electron chi connectivity index (χ1n) is 6.77. The molecular weight excluding hydrogens is 286 g/mol. The van der Waals surface area contributed by atoms with Crippen molar-refractivity contribution in [3.8, 4) is 0 Å². The molecule has 6 heteroatoms. The molecule has 22 heavy (non-hydrogen) atoms. The van der Waals surface area contributed by atoms with Gasteiger partial charge < -0.3 is 20.3 Å². The lowest BCUT2D eigenvalue weighted by Gasteiger charge is -2.43. The molecule has 2 atom stereocenters. The summed E-state index contributed by atoms with van der Waals surface area (Å²) >= 11 is 0. The van der Waals surface area contributed by atoms with E-state index in [4.69, 9.17) is 4.74 Å². The van der Waals surface area contributed by atoms with Crippen LogP contribution in [-0.4, -0.2) is 39.9 Å². The number of hydrogen-bond acceptors (Lipinski definition) is 6. The molecule has 2 unspecified atom stereocenters. The predicted molar refractivity (Wildman–Crippen MR) is 76.6 cm³/mol. The number of carbonyl (C=O) groups excluding carboxylic acids is 2. The van der Waals surface area contributed by atoms with E-state index in [1.807, 2.05) is 0 Å². The number of fused-ring (bicyclic) bond motifs is 1. The fourth-order valence-corrected chi connectivity index (χ4v) is 2.44. The van der Waals surface area contributed by atoms with E-state index in [1.54, 1.807) is 30.3 Å². The van der Waals surface area contributed by atoms with Crippen LogP contribution in [0.4, 0.5) is 0 Å². The first kappa shape index (κ1) is 14.6. The van der Waals surface area contributed by atoms with Gasteiger partial charge in [-0.2, -0.15) is 0 Å². The monoisotopic (exact) mass is 301 g/mol. The van der Waals surface area contributed by atoms with Crippen LogP contribution in [0.3, 0.4) is 0 Å². The third-order valence-corrected chi connectivity index (χ3v) is 3.58. The molecule has 1 aliphatic carbocycles. The Morgan fingerprint density at radius 3 is 2.59 bits per heavy atom. The van der Waals surface area contributed by atoms with Crippen molar-refractivity contribution in [2.75, 3.05) is 6.61 Å². The average molecular weight is 301 g/mol. The van der Waals surface area contributed by atoms with Crippen LogP contribution in [0.25, 0.3) is 0 Å². The summed E-state index contributed by atoms with van der Waals surface area (Å²) < 4.78 is 5.15. The number of carbonyl (C=O) groups is 2. The largest absolute Gasteiger partial charge is 0.369 e. The second-order valence-electron chi connectivity index (χ2n) is 5.51. The Hall–Kier alpha value is -2.28. The van der Waals surface area contributed by atoms with Crippen LogP contribution >= 0.6 is 0 Å². The van der Waals surface area contributed by atoms with Crippen molar-refractivity contribution in [2.45, 2.75) is 18.4 Å². The van der Waals surface area contributed by atoms with Crippen LogP contribution in [-0.2, 0) is 9.53 Å². The third-order valence-electron chi connectivity index (χ3n) is 3.58. The van der Waals surface area contributed by atoms with Crippen molar-refractivity contribution >= 4 is 11.6 Å². The molecule has 114 valence electrons. The zero-order valence-electron chi connectivity index (χ0n) is 11.9. The number of rotatable bonds is 2. The van der Waals surface area contributed by atoms with Gasteiger partial charge in [0, 0.05) is 11.1 Å². The molecule has 6 nitrogen and oxygen atoms in total. The van der Waals surface area contributed by atoms with E-state index < -0.39 is 17.3 Å². The summed E-state index contributed by atoms with van der Waals surface area (Å²) in [6.45, 7) is 1.13. The van der Waals surface area contributed by atoms with Gasteiger partial charge >= 0.3 is 0 Å². The van der Waals surface area contributed by atoms with Crippen LogP contribution in [0.15, 0.2) is 53.8 Å². The lowest BCUT2D eigenvalue weighted by molar-refractivity contribution is -0.228. The first-order valence-corrected chi connectivity index (χ1v) is 6.77. The highest BCUT2D eigenvalue weighted by Gasteiger charge is 2.51. The lowest BCUT2D eigenvalue weighted by atomic mass is 9.89. The van der Waals surface area contributed by atoms with Gasteiger partial charge in [-0.3, -0.25) is 9.59 Å². The molecule has 0 bridgehead atoms. The number of ether oxygens (including phenoxy) is 1. The summed E-state index contributed by atoms with van der Waals surface area (Å²) in [6, 6.07) is 8.45. The summed E-state index contributed by atoms with van der Waals surface area (Å²) in [7, 11) is 0. The zero-order valence-corrected chi connectivity index (χ0v) is 11.9. The molecule has 1 saturated heterocycles. The summed E-state index contributed by atoms with van der Waals surface area (Å²) in [5.41, 5.74) is -1.15. The number of Topliss-reactive ketones (excluding diaryl/α,β-unsaturated/α-hetero) is 1. The van der Waals surface area contributed by atoms with Crippen molar-refractivity contribution in [1.29, 1.82) is 0 Å². The number of benzene rings is 1. The van der Waals surface area contributed by atoms with Gasteiger partial charge in [-0.15, -0.1) is 0 Å². The number of hydrogen-bond donors (Lipinski definition) is 3. The predicted octanol–water partition coefficient (Wildman–Crippen LogP) is 0.279. The van der Waals surface area contributed by atoms with Gasteiger partial charge in [0.1, 0.15) is 0 Å². The van der Waals surface area contributed by atoms with E-state index >= 15 is 0 Å². The fraction of sp³-hybridized carbons (Fsp3) is 0.250. The average Bonchev–Trinajstić information content (AvgIpc) is 2.50. The van der Waals surface area contributed by atoms with Crippen molar-refractivity contribution in [3.05, 3.63) is 59.3 Å². The second kappa shape index (κ2) is 4.88. The highest BCUT2D eigenvalue weighted by atomic mass is 16.6. The molecule has 3 N–H and O–H groups in total. The van der Waals surface area contributed by atoms with Gasteiger partial charge in [-0.05, 0) is 19.1 Å². The van der Waals surface area contributed by atoms with Crippen LogP contribution in [0, 0.1) is 0 Å². The van der Waals surface area contributed by atoms with E-state index in [1.165, 1.54) is 13.0 Å². The van der Waals surface area contributed by atoms with Crippen LogP contribution in [0.2, 0.25) is 0 Å². The Morgan fingerprint density at radius 1 is 1.23 bits per heavy atom. The van der Waals surface area contributed by atoms with E-state index in [0.29, 0.717) is 5.56 Å². The molecule has 0 radical (unpaired) electrons. The van der Waals surface area contributed by atoms with Crippen LogP contribution in [0.1, 0.15) is 17.3 Å². The highest BCUT2D eigenvalue weighted by molar-refractivity contribution is 6.14. The normalized spacial score (nSPS) is 30.8. The Labute approximate surface area is 126 Å². The molecule has 1 aliphatic heterocycles. The van der Waals surface area contributed by atoms with Gasteiger partial charge in [0.2, 0.25) is 5.78 Å². The quantitative estimate of drug-likeness (QED) is 0.679.